The predicted octanol–water partition coefficient (Wildman–Crippen LogP) is 4.07. The van der Waals surface area contributed by atoms with E-state index in [2.05, 4.69) is 23.7 Å². The first-order chi connectivity index (χ1) is 11.1. The molecule has 0 aliphatic heterocycles. The van der Waals surface area contributed by atoms with Gasteiger partial charge in [0.2, 0.25) is 5.91 Å². The monoisotopic (exact) mass is 329 g/mol. The van der Waals surface area contributed by atoms with Crippen LogP contribution < -0.4 is 5.32 Å². The number of thioether (sulfide) groups is 1. The number of rotatable bonds is 4. The van der Waals surface area contributed by atoms with Crippen LogP contribution in [0.1, 0.15) is 34.8 Å². The van der Waals surface area contributed by atoms with Crippen molar-refractivity contribution in [2.45, 2.75) is 30.6 Å². The van der Waals surface area contributed by atoms with Gasteiger partial charge in [0.1, 0.15) is 5.82 Å². The van der Waals surface area contributed by atoms with E-state index < -0.39 is 0 Å². The molecule has 0 radical (unpaired) electrons. The first-order valence-corrected chi connectivity index (χ1v) is 9.05. The molecule has 0 fully saturated rings. The van der Waals surface area contributed by atoms with Crippen LogP contribution in [0.3, 0.4) is 0 Å². The maximum Gasteiger partial charge on any atom is 0.227 e. The highest BCUT2D eigenvalue weighted by Gasteiger charge is 2.33. The third-order valence-corrected chi connectivity index (χ3v) is 5.60. The lowest BCUT2D eigenvalue weighted by Crippen LogP contribution is -2.39. The Labute approximate surface area is 140 Å². The normalized spacial score (nSPS) is 20.8. The molecule has 2 unspecified atom stereocenters. The number of nitrogens with one attached hydrogen (secondary N) is 1. The number of benzene rings is 2. The van der Waals surface area contributed by atoms with Crippen LogP contribution in [0, 0.1) is 5.82 Å². The highest BCUT2D eigenvalue weighted by Crippen LogP contribution is 2.40. The molecule has 2 nitrogen and oxygen atoms in total. The van der Waals surface area contributed by atoms with Crippen molar-refractivity contribution in [1.29, 1.82) is 0 Å². The molecule has 0 aromatic heterocycles. The van der Waals surface area contributed by atoms with Crippen LogP contribution in [-0.2, 0) is 11.2 Å². The standard InChI is InChI=1S/C19H20FNOS/c1-12(13-7-9-15(20)10-8-13)19(22)21-17-11-14-5-3-4-6-16(14)18(17)23-2/h3-10,12,17-18H,11H2,1-2H3,(H,21,22)/t12-,17?,18?/m0/s1. The van der Waals surface area contributed by atoms with Gasteiger partial charge < -0.3 is 5.32 Å². The minimum Gasteiger partial charge on any atom is -0.351 e. The number of hydrogen-bond donors (Lipinski definition) is 1. The van der Waals surface area contributed by atoms with Crippen molar-refractivity contribution >= 4 is 17.7 Å². The summed E-state index contributed by atoms with van der Waals surface area (Å²) in [6.45, 7) is 1.86. The number of halogens is 1. The number of hydrogen-bond acceptors (Lipinski definition) is 2. The molecule has 2 aromatic carbocycles. The summed E-state index contributed by atoms with van der Waals surface area (Å²) >= 11 is 1.77. The number of carbonyl (C=O) groups excluding carboxylic acids is 1. The van der Waals surface area contributed by atoms with E-state index >= 15 is 0 Å². The largest absolute Gasteiger partial charge is 0.351 e. The first-order valence-electron chi connectivity index (χ1n) is 7.76. The van der Waals surface area contributed by atoms with E-state index in [1.807, 2.05) is 19.1 Å². The van der Waals surface area contributed by atoms with Crippen LogP contribution in [0.5, 0.6) is 0 Å². The molecule has 1 N–H and O–H groups in total. The zero-order chi connectivity index (χ0) is 16.4. The molecule has 1 aliphatic rings. The lowest BCUT2D eigenvalue weighted by molar-refractivity contribution is -0.122. The van der Waals surface area contributed by atoms with Crippen LogP contribution in [0.4, 0.5) is 4.39 Å². The summed E-state index contributed by atoms with van der Waals surface area (Å²) in [4.78, 5) is 12.6. The van der Waals surface area contributed by atoms with Gasteiger partial charge in [0, 0.05) is 6.04 Å². The van der Waals surface area contributed by atoms with Gasteiger partial charge in [-0.15, -0.1) is 0 Å². The van der Waals surface area contributed by atoms with Gasteiger partial charge in [-0.2, -0.15) is 11.8 Å². The van der Waals surface area contributed by atoms with Crippen molar-refractivity contribution in [3.63, 3.8) is 0 Å². The summed E-state index contributed by atoms with van der Waals surface area (Å²) < 4.78 is 13.0. The quantitative estimate of drug-likeness (QED) is 0.916. The van der Waals surface area contributed by atoms with Gasteiger partial charge in [-0.3, -0.25) is 4.79 Å². The molecule has 2 aromatic rings. The second kappa shape index (κ2) is 6.75. The Bertz CT molecular complexity index is 701. The van der Waals surface area contributed by atoms with Crippen molar-refractivity contribution in [3.8, 4) is 0 Å². The second-order valence-corrected chi connectivity index (χ2v) is 6.93. The van der Waals surface area contributed by atoms with E-state index in [0.29, 0.717) is 0 Å². The Balaban J connectivity index is 1.72. The van der Waals surface area contributed by atoms with Gasteiger partial charge in [0.25, 0.3) is 0 Å². The summed E-state index contributed by atoms with van der Waals surface area (Å²) in [5.41, 5.74) is 3.46. The summed E-state index contributed by atoms with van der Waals surface area (Å²) in [5.74, 6) is -0.578. The number of fused-ring (bicyclic) bond motifs is 1. The summed E-state index contributed by atoms with van der Waals surface area (Å²) in [5, 5.41) is 3.47. The molecule has 4 heteroatoms. The molecule has 0 bridgehead atoms. The maximum absolute atomic E-state index is 13.0. The average molecular weight is 329 g/mol. The minimum atomic E-state index is -0.290. The third kappa shape index (κ3) is 3.27. The molecule has 0 heterocycles. The van der Waals surface area contributed by atoms with Crippen molar-refractivity contribution in [2.75, 3.05) is 6.26 Å². The molecule has 3 rings (SSSR count). The Hall–Kier alpha value is -1.81. The molecule has 120 valence electrons. The fourth-order valence-electron chi connectivity index (χ4n) is 3.19. The Kier molecular flexibility index (Phi) is 4.71. The van der Waals surface area contributed by atoms with E-state index in [9.17, 15) is 9.18 Å². The van der Waals surface area contributed by atoms with Crippen molar-refractivity contribution in [1.82, 2.24) is 5.32 Å². The lowest BCUT2D eigenvalue weighted by Gasteiger charge is -2.22. The SMILES string of the molecule is CSC1c2ccccc2CC1NC(=O)[C@@H](C)c1ccc(F)cc1. The van der Waals surface area contributed by atoms with Crippen LogP contribution >= 0.6 is 11.8 Å². The highest BCUT2D eigenvalue weighted by atomic mass is 32.2. The van der Waals surface area contributed by atoms with Crippen LogP contribution in [0.2, 0.25) is 0 Å². The van der Waals surface area contributed by atoms with Gasteiger partial charge in [-0.25, -0.2) is 4.39 Å². The Morgan fingerprint density at radius 1 is 1.22 bits per heavy atom. The van der Waals surface area contributed by atoms with E-state index in [4.69, 9.17) is 0 Å². The van der Waals surface area contributed by atoms with Gasteiger partial charge in [0.05, 0.1) is 11.2 Å². The van der Waals surface area contributed by atoms with Gasteiger partial charge in [-0.1, -0.05) is 36.4 Å². The third-order valence-electron chi connectivity index (χ3n) is 4.51. The molecule has 0 saturated carbocycles. The van der Waals surface area contributed by atoms with Gasteiger partial charge in [0.15, 0.2) is 0 Å². The molecule has 23 heavy (non-hydrogen) atoms. The van der Waals surface area contributed by atoms with Gasteiger partial charge >= 0.3 is 0 Å². The predicted molar refractivity (Wildman–Crippen MR) is 93.1 cm³/mol. The molecule has 0 spiro atoms. The van der Waals surface area contributed by atoms with E-state index in [0.717, 1.165) is 12.0 Å². The van der Waals surface area contributed by atoms with Gasteiger partial charge in [-0.05, 0) is 48.4 Å². The fraction of sp³-hybridized carbons (Fsp3) is 0.316. The summed E-state index contributed by atoms with van der Waals surface area (Å²) in [6, 6.07) is 14.6. The highest BCUT2D eigenvalue weighted by molar-refractivity contribution is 7.98. The van der Waals surface area contributed by atoms with Crippen LogP contribution in [-0.4, -0.2) is 18.2 Å². The molecule has 1 aliphatic carbocycles. The molecule has 3 atom stereocenters. The van der Waals surface area contributed by atoms with E-state index in [-0.39, 0.29) is 28.9 Å². The van der Waals surface area contributed by atoms with Crippen molar-refractivity contribution in [3.05, 3.63) is 71.0 Å². The molecule has 1 amide bonds. The molecule has 0 saturated heterocycles. The van der Waals surface area contributed by atoms with E-state index in [1.54, 1.807) is 23.9 Å². The molecular formula is C19H20FNOS. The lowest BCUT2D eigenvalue weighted by atomic mass is 10.00. The van der Waals surface area contributed by atoms with Crippen LogP contribution in [0.25, 0.3) is 0 Å². The second-order valence-electron chi connectivity index (χ2n) is 5.95. The molecular weight excluding hydrogens is 309 g/mol. The number of amides is 1. The zero-order valence-electron chi connectivity index (χ0n) is 13.3. The number of carbonyl (C=O) groups is 1. The van der Waals surface area contributed by atoms with Crippen molar-refractivity contribution < 1.29 is 9.18 Å². The Morgan fingerprint density at radius 2 is 1.91 bits per heavy atom. The summed E-state index contributed by atoms with van der Waals surface area (Å²) in [7, 11) is 0. The zero-order valence-corrected chi connectivity index (χ0v) is 14.1. The minimum absolute atomic E-state index is 0.00605. The Morgan fingerprint density at radius 3 is 2.61 bits per heavy atom. The summed E-state index contributed by atoms with van der Waals surface area (Å²) in [6.07, 6.45) is 2.94. The maximum atomic E-state index is 13.0. The first kappa shape index (κ1) is 16.1. The fourth-order valence-corrected chi connectivity index (χ4v) is 4.16. The smallest absolute Gasteiger partial charge is 0.227 e. The average Bonchev–Trinajstić information content (AvgIpc) is 2.91. The van der Waals surface area contributed by atoms with Crippen molar-refractivity contribution in [2.24, 2.45) is 0 Å². The van der Waals surface area contributed by atoms with Crippen LogP contribution in [0.15, 0.2) is 48.5 Å². The van der Waals surface area contributed by atoms with E-state index in [1.165, 1.54) is 23.3 Å². The topological polar surface area (TPSA) is 29.1 Å².